The number of carbonyl (C=O) groups excluding carboxylic acids is 2. The van der Waals surface area contributed by atoms with Gasteiger partial charge in [-0.3, -0.25) is 14.5 Å². The van der Waals surface area contributed by atoms with E-state index >= 15 is 0 Å². The fourth-order valence-corrected chi connectivity index (χ4v) is 4.15. The Hall–Kier alpha value is -1.82. The number of hydrogen-bond acceptors (Lipinski definition) is 4. The second kappa shape index (κ2) is 7.38. The van der Waals surface area contributed by atoms with Gasteiger partial charge in [0.1, 0.15) is 5.76 Å². The van der Waals surface area contributed by atoms with Gasteiger partial charge in [-0.15, -0.1) is 0 Å². The molecule has 2 aliphatic heterocycles. The van der Waals surface area contributed by atoms with Crippen molar-refractivity contribution in [2.45, 2.75) is 57.7 Å². The fourth-order valence-electron chi connectivity index (χ4n) is 4.15. The smallest absolute Gasteiger partial charge is 0.234 e. The second-order valence-electron chi connectivity index (χ2n) is 6.91. The maximum Gasteiger partial charge on any atom is 0.234 e. The molecular formula is C18H27N3O3. The lowest BCUT2D eigenvalue weighted by atomic mass is 10.0. The molecule has 2 saturated heterocycles. The lowest BCUT2D eigenvalue weighted by molar-refractivity contribution is -0.130. The summed E-state index contributed by atoms with van der Waals surface area (Å²) in [6, 6.07) is 4.13. The topological polar surface area (TPSA) is 65.8 Å². The average molecular weight is 333 g/mol. The number of hydrogen-bond donors (Lipinski definition) is 1. The minimum absolute atomic E-state index is 0.0122. The SMILES string of the molecule is CC(=O)N1CCC[C@@H]1[C@@H]1CCCN1CC(=O)N[C@H](C)c1ccco1. The third kappa shape index (κ3) is 3.64. The summed E-state index contributed by atoms with van der Waals surface area (Å²) in [5.74, 6) is 0.929. The van der Waals surface area contributed by atoms with Crippen LogP contribution in [-0.2, 0) is 9.59 Å². The molecule has 0 bridgehead atoms. The molecule has 0 radical (unpaired) electrons. The Morgan fingerprint density at radius 1 is 1.29 bits per heavy atom. The Morgan fingerprint density at radius 3 is 2.75 bits per heavy atom. The predicted molar refractivity (Wildman–Crippen MR) is 90.3 cm³/mol. The van der Waals surface area contributed by atoms with Crippen LogP contribution in [0.4, 0.5) is 0 Å². The normalized spacial score (nSPS) is 25.8. The Labute approximate surface area is 143 Å². The van der Waals surface area contributed by atoms with Gasteiger partial charge in [-0.25, -0.2) is 0 Å². The van der Waals surface area contributed by atoms with Crippen LogP contribution in [0, 0.1) is 0 Å². The highest BCUT2D eigenvalue weighted by molar-refractivity contribution is 5.78. The average Bonchev–Trinajstić information content (AvgIpc) is 3.28. The summed E-state index contributed by atoms with van der Waals surface area (Å²) in [5, 5.41) is 3.00. The highest BCUT2D eigenvalue weighted by Gasteiger charge is 2.39. The highest BCUT2D eigenvalue weighted by Crippen LogP contribution is 2.29. The molecule has 1 aromatic rings. The van der Waals surface area contributed by atoms with Gasteiger partial charge in [-0.2, -0.15) is 0 Å². The molecular weight excluding hydrogens is 306 g/mol. The molecule has 0 aromatic carbocycles. The summed E-state index contributed by atoms with van der Waals surface area (Å²) in [5.41, 5.74) is 0. The molecule has 0 unspecified atom stereocenters. The molecule has 132 valence electrons. The molecule has 24 heavy (non-hydrogen) atoms. The van der Waals surface area contributed by atoms with Crippen LogP contribution in [0.2, 0.25) is 0 Å². The second-order valence-corrected chi connectivity index (χ2v) is 6.91. The molecule has 0 aliphatic carbocycles. The van der Waals surface area contributed by atoms with Crippen LogP contribution in [-0.4, -0.2) is 53.3 Å². The number of carbonyl (C=O) groups is 2. The molecule has 3 rings (SSSR count). The van der Waals surface area contributed by atoms with Gasteiger partial charge in [0.2, 0.25) is 11.8 Å². The van der Waals surface area contributed by atoms with E-state index in [9.17, 15) is 9.59 Å². The number of furan rings is 1. The molecule has 2 fully saturated rings. The highest BCUT2D eigenvalue weighted by atomic mass is 16.3. The van der Waals surface area contributed by atoms with E-state index in [-0.39, 0.29) is 23.9 Å². The summed E-state index contributed by atoms with van der Waals surface area (Å²) in [7, 11) is 0. The first kappa shape index (κ1) is 17.0. The van der Waals surface area contributed by atoms with E-state index in [1.54, 1.807) is 13.2 Å². The quantitative estimate of drug-likeness (QED) is 0.894. The maximum atomic E-state index is 12.4. The van der Waals surface area contributed by atoms with E-state index < -0.39 is 0 Å². The molecule has 2 amide bonds. The van der Waals surface area contributed by atoms with Gasteiger partial charge in [0, 0.05) is 25.6 Å². The van der Waals surface area contributed by atoms with Gasteiger partial charge in [-0.1, -0.05) is 0 Å². The van der Waals surface area contributed by atoms with Gasteiger partial charge < -0.3 is 14.6 Å². The fraction of sp³-hybridized carbons (Fsp3) is 0.667. The minimum atomic E-state index is -0.131. The Bertz CT molecular complexity index is 572. The summed E-state index contributed by atoms with van der Waals surface area (Å²) in [4.78, 5) is 28.5. The van der Waals surface area contributed by atoms with Gasteiger partial charge in [0.15, 0.2) is 0 Å². The third-order valence-corrected chi connectivity index (χ3v) is 5.26. The van der Waals surface area contributed by atoms with E-state index in [1.165, 1.54) is 0 Å². The molecule has 6 nitrogen and oxygen atoms in total. The third-order valence-electron chi connectivity index (χ3n) is 5.26. The monoisotopic (exact) mass is 333 g/mol. The largest absolute Gasteiger partial charge is 0.467 e. The van der Waals surface area contributed by atoms with Crippen LogP contribution >= 0.6 is 0 Å². The molecule has 3 heterocycles. The van der Waals surface area contributed by atoms with Crippen LogP contribution in [0.15, 0.2) is 22.8 Å². The molecule has 0 spiro atoms. The Balaban J connectivity index is 1.57. The van der Waals surface area contributed by atoms with Crippen molar-refractivity contribution >= 4 is 11.8 Å². The van der Waals surface area contributed by atoms with Crippen molar-refractivity contribution in [2.75, 3.05) is 19.6 Å². The van der Waals surface area contributed by atoms with Gasteiger partial charge in [-0.05, 0) is 51.3 Å². The van der Waals surface area contributed by atoms with Gasteiger partial charge in [0.25, 0.3) is 0 Å². The van der Waals surface area contributed by atoms with Crippen LogP contribution in [0.5, 0.6) is 0 Å². The first-order chi connectivity index (χ1) is 11.6. The van der Waals surface area contributed by atoms with Crippen LogP contribution in [0.25, 0.3) is 0 Å². The Morgan fingerprint density at radius 2 is 2.04 bits per heavy atom. The maximum absolute atomic E-state index is 12.4. The number of likely N-dealkylation sites (tertiary alicyclic amines) is 2. The number of amides is 2. The lowest BCUT2D eigenvalue weighted by Crippen LogP contribution is -2.50. The molecule has 1 N–H and O–H groups in total. The van der Waals surface area contributed by atoms with E-state index in [0.29, 0.717) is 12.6 Å². The van der Waals surface area contributed by atoms with Gasteiger partial charge >= 0.3 is 0 Å². The molecule has 0 saturated carbocycles. The van der Waals surface area contributed by atoms with Crippen molar-refractivity contribution in [3.8, 4) is 0 Å². The zero-order valence-corrected chi connectivity index (χ0v) is 14.5. The number of nitrogens with one attached hydrogen (secondary N) is 1. The van der Waals surface area contributed by atoms with Crippen LogP contribution < -0.4 is 5.32 Å². The first-order valence-corrected chi connectivity index (χ1v) is 8.90. The van der Waals surface area contributed by atoms with E-state index in [1.807, 2.05) is 24.0 Å². The zero-order valence-electron chi connectivity index (χ0n) is 14.5. The molecule has 2 aliphatic rings. The summed E-state index contributed by atoms with van der Waals surface area (Å²) in [6.45, 7) is 5.74. The lowest BCUT2D eigenvalue weighted by Gasteiger charge is -2.34. The van der Waals surface area contributed by atoms with Crippen molar-refractivity contribution in [3.05, 3.63) is 24.2 Å². The van der Waals surface area contributed by atoms with Crippen LogP contribution in [0.3, 0.4) is 0 Å². The summed E-state index contributed by atoms with van der Waals surface area (Å²) in [6.07, 6.45) is 5.88. The minimum Gasteiger partial charge on any atom is -0.467 e. The van der Waals surface area contributed by atoms with Crippen molar-refractivity contribution in [1.82, 2.24) is 15.1 Å². The van der Waals surface area contributed by atoms with E-state index in [0.717, 1.165) is 44.5 Å². The van der Waals surface area contributed by atoms with E-state index in [2.05, 4.69) is 10.2 Å². The van der Waals surface area contributed by atoms with E-state index in [4.69, 9.17) is 4.42 Å². The zero-order chi connectivity index (χ0) is 17.1. The van der Waals surface area contributed by atoms with Crippen LogP contribution in [0.1, 0.15) is 51.3 Å². The summed E-state index contributed by atoms with van der Waals surface area (Å²) >= 11 is 0. The number of rotatable bonds is 5. The van der Waals surface area contributed by atoms with Crippen molar-refractivity contribution in [2.24, 2.45) is 0 Å². The predicted octanol–water partition coefficient (Wildman–Crippen LogP) is 1.93. The molecule has 3 atom stereocenters. The Kier molecular flexibility index (Phi) is 5.23. The molecule has 6 heteroatoms. The number of nitrogens with zero attached hydrogens (tertiary/aromatic N) is 2. The standard InChI is InChI=1S/C18H27N3O3/c1-13(17-8-5-11-24-17)19-18(23)12-20-9-3-6-15(20)16-7-4-10-21(16)14(2)22/h5,8,11,13,15-16H,3-4,6-7,9-10,12H2,1-2H3,(H,19,23)/t13-,15+,16-/m1/s1. The van der Waals surface area contributed by atoms with Crippen molar-refractivity contribution < 1.29 is 14.0 Å². The van der Waals surface area contributed by atoms with Gasteiger partial charge in [0.05, 0.1) is 18.8 Å². The summed E-state index contributed by atoms with van der Waals surface area (Å²) < 4.78 is 5.34. The first-order valence-electron chi connectivity index (χ1n) is 8.90. The van der Waals surface area contributed by atoms with Crippen molar-refractivity contribution in [3.63, 3.8) is 0 Å². The van der Waals surface area contributed by atoms with Crippen molar-refractivity contribution in [1.29, 1.82) is 0 Å². The molecule has 1 aromatic heterocycles.